The van der Waals surface area contributed by atoms with Crippen LogP contribution in [0, 0.1) is 6.92 Å². The van der Waals surface area contributed by atoms with Crippen LogP contribution in [0.4, 0.5) is 5.69 Å². The average molecular weight is 187 g/mol. The minimum atomic E-state index is 0.794. The Hall–Kier alpha value is -1.77. The molecule has 0 aliphatic heterocycles. The maximum absolute atomic E-state index is 5.69. The van der Waals surface area contributed by atoms with Crippen LogP contribution >= 0.6 is 0 Å². The molecular weight excluding hydrogens is 174 g/mol. The second-order valence-electron chi connectivity index (χ2n) is 3.50. The molecule has 2 rings (SSSR count). The summed E-state index contributed by atoms with van der Waals surface area (Å²) in [4.78, 5) is 4.30. The van der Waals surface area contributed by atoms with E-state index in [4.69, 9.17) is 5.73 Å². The normalized spacial score (nSPS) is 10.4. The zero-order valence-corrected chi connectivity index (χ0v) is 8.36. The van der Waals surface area contributed by atoms with Crippen molar-refractivity contribution in [2.24, 2.45) is 7.05 Å². The lowest BCUT2D eigenvalue weighted by atomic mass is 10.1. The monoisotopic (exact) mass is 187 g/mol. The highest BCUT2D eigenvalue weighted by Crippen LogP contribution is 2.22. The third-order valence-electron chi connectivity index (χ3n) is 2.23. The molecule has 0 spiro atoms. The van der Waals surface area contributed by atoms with Crippen LogP contribution in [-0.2, 0) is 7.05 Å². The fraction of sp³-hybridized carbons (Fsp3) is 0.182. The van der Waals surface area contributed by atoms with Crippen LogP contribution in [0.2, 0.25) is 0 Å². The molecule has 0 aliphatic rings. The van der Waals surface area contributed by atoms with E-state index < -0.39 is 0 Å². The Labute approximate surface area is 83.2 Å². The molecule has 14 heavy (non-hydrogen) atoms. The molecule has 0 bridgehead atoms. The molecular formula is C11H13N3. The topological polar surface area (TPSA) is 43.8 Å². The first-order valence-electron chi connectivity index (χ1n) is 4.51. The van der Waals surface area contributed by atoms with Gasteiger partial charge in [-0.05, 0) is 24.6 Å². The number of nitrogens with two attached hydrogens (primary N) is 1. The minimum absolute atomic E-state index is 0.794. The number of imidazole rings is 1. The molecule has 2 aromatic rings. The van der Waals surface area contributed by atoms with Gasteiger partial charge >= 0.3 is 0 Å². The quantitative estimate of drug-likeness (QED) is 0.694. The molecule has 1 heterocycles. The number of benzene rings is 1. The van der Waals surface area contributed by atoms with Gasteiger partial charge < -0.3 is 10.3 Å². The van der Waals surface area contributed by atoms with E-state index in [9.17, 15) is 0 Å². The molecule has 0 atom stereocenters. The van der Waals surface area contributed by atoms with E-state index in [-0.39, 0.29) is 0 Å². The van der Waals surface area contributed by atoms with Crippen LogP contribution in [0.25, 0.3) is 11.3 Å². The third kappa shape index (κ3) is 1.48. The third-order valence-corrected chi connectivity index (χ3v) is 2.23. The van der Waals surface area contributed by atoms with Gasteiger partial charge in [-0.3, -0.25) is 0 Å². The molecule has 0 saturated heterocycles. The van der Waals surface area contributed by atoms with Gasteiger partial charge in [-0.2, -0.15) is 0 Å². The molecule has 0 radical (unpaired) electrons. The molecule has 0 aliphatic carbocycles. The van der Waals surface area contributed by atoms with Crippen molar-refractivity contribution in [2.45, 2.75) is 6.92 Å². The van der Waals surface area contributed by atoms with Gasteiger partial charge in [0.1, 0.15) is 0 Å². The Balaban J connectivity index is 2.52. The maximum atomic E-state index is 5.69. The van der Waals surface area contributed by atoms with Crippen molar-refractivity contribution in [1.82, 2.24) is 9.55 Å². The number of anilines is 1. The number of hydrogen-bond acceptors (Lipinski definition) is 2. The van der Waals surface area contributed by atoms with Gasteiger partial charge in [-0.15, -0.1) is 0 Å². The molecule has 1 aromatic heterocycles. The standard InChI is InChI=1S/C11H13N3/c1-8-5-9(12)3-4-10(8)11-6-14(2)7-13-11/h3-7H,12H2,1-2H3. The fourth-order valence-corrected chi connectivity index (χ4v) is 1.53. The summed E-state index contributed by atoms with van der Waals surface area (Å²) in [5, 5.41) is 0. The summed E-state index contributed by atoms with van der Waals surface area (Å²) >= 11 is 0. The summed E-state index contributed by atoms with van der Waals surface area (Å²) in [7, 11) is 1.96. The minimum Gasteiger partial charge on any atom is -0.399 e. The highest BCUT2D eigenvalue weighted by molar-refractivity contribution is 5.65. The molecule has 3 heteroatoms. The van der Waals surface area contributed by atoms with Gasteiger partial charge in [0.2, 0.25) is 0 Å². The van der Waals surface area contributed by atoms with E-state index in [1.165, 1.54) is 0 Å². The second kappa shape index (κ2) is 3.18. The zero-order chi connectivity index (χ0) is 10.1. The molecule has 0 unspecified atom stereocenters. The summed E-state index contributed by atoms with van der Waals surface area (Å²) in [6.45, 7) is 2.04. The first-order chi connectivity index (χ1) is 6.66. The van der Waals surface area contributed by atoms with Crippen molar-refractivity contribution >= 4 is 5.69 Å². The second-order valence-corrected chi connectivity index (χ2v) is 3.50. The lowest BCUT2D eigenvalue weighted by Crippen LogP contribution is -1.88. The van der Waals surface area contributed by atoms with E-state index in [2.05, 4.69) is 4.98 Å². The van der Waals surface area contributed by atoms with Crippen LogP contribution in [-0.4, -0.2) is 9.55 Å². The molecule has 0 fully saturated rings. The Morgan fingerprint density at radius 3 is 2.71 bits per heavy atom. The lowest BCUT2D eigenvalue weighted by Gasteiger charge is -2.02. The summed E-state index contributed by atoms with van der Waals surface area (Å²) in [5.74, 6) is 0. The van der Waals surface area contributed by atoms with Crippen LogP contribution in [0.15, 0.2) is 30.7 Å². The summed E-state index contributed by atoms with van der Waals surface area (Å²) in [6.07, 6.45) is 3.80. The van der Waals surface area contributed by atoms with Crippen molar-refractivity contribution in [1.29, 1.82) is 0 Å². The molecule has 0 saturated carbocycles. The Kier molecular flexibility index (Phi) is 2.00. The van der Waals surface area contributed by atoms with Crippen molar-refractivity contribution in [2.75, 3.05) is 5.73 Å². The van der Waals surface area contributed by atoms with Gasteiger partial charge in [-0.1, -0.05) is 6.07 Å². The molecule has 2 N–H and O–H groups in total. The van der Waals surface area contributed by atoms with Crippen LogP contribution in [0.3, 0.4) is 0 Å². The van der Waals surface area contributed by atoms with Gasteiger partial charge in [0.15, 0.2) is 0 Å². The number of nitrogen functional groups attached to an aromatic ring is 1. The Bertz CT molecular complexity index is 457. The predicted molar refractivity (Wildman–Crippen MR) is 57.8 cm³/mol. The number of hydrogen-bond donors (Lipinski definition) is 1. The summed E-state index contributed by atoms with van der Waals surface area (Å²) in [5.41, 5.74) is 9.76. The molecule has 1 aromatic carbocycles. The van der Waals surface area contributed by atoms with Crippen LogP contribution in [0.5, 0.6) is 0 Å². The smallest absolute Gasteiger partial charge is 0.0951 e. The van der Waals surface area contributed by atoms with Crippen LogP contribution < -0.4 is 5.73 Å². The number of rotatable bonds is 1. The molecule has 3 nitrogen and oxygen atoms in total. The van der Waals surface area contributed by atoms with E-state index in [0.29, 0.717) is 0 Å². The van der Waals surface area contributed by atoms with Crippen molar-refractivity contribution < 1.29 is 0 Å². The highest BCUT2D eigenvalue weighted by atomic mass is 15.0. The van der Waals surface area contributed by atoms with Gasteiger partial charge in [0.25, 0.3) is 0 Å². The van der Waals surface area contributed by atoms with Crippen molar-refractivity contribution in [3.63, 3.8) is 0 Å². The largest absolute Gasteiger partial charge is 0.399 e. The van der Waals surface area contributed by atoms with E-state index in [1.54, 1.807) is 6.33 Å². The predicted octanol–water partition coefficient (Wildman–Crippen LogP) is 1.98. The van der Waals surface area contributed by atoms with Crippen molar-refractivity contribution in [3.8, 4) is 11.3 Å². The van der Waals surface area contributed by atoms with E-state index in [0.717, 1.165) is 22.5 Å². The molecule has 0 amide bonds. The SMILES string of the molecule is Cc1cc(N)ccc1-c1cn(C)cn1. The van der Waals surface area contributed by atoms with Gasteiger partial charge in [0.05, 0.1) is 12.0 Å². The number of aromatic nitrogens is 2. The zero-order valence-electron chi connectivity index (χ0n) is 8.36. The highest BCUT2D eigenvalue weighted by Gasteiger charge is 2.04. The average Bonchev–Trinajstić information content (AvgIpc) is 2.51. The fourth-order valence-electron chi connectivity index (χ4n) is 1.53. The Morgan fingerprint density at radius 1 is 1.36 bits per heavy atom. The van der Waals surface area contributed by atoms with E-state index in [1.807, 2.05) is 42.9 Å². The number of nitrogens with zero attached hydrogens (tertiary/aromatic N) is 2. The summed E-state index contributed by atoms with van der Waals surface area (Å²) < 4.78 is 1.94. The van der Waals surface area contributed by atoms with Crippen molar-refractivity contribution in [3.05, 3.63) is 36.3 Å². The maximum Gasteiger partial charge on any atom is 0.0951 e. The van der Waals surface area contributed by atoms with Gasteiger partial charge in [-0.25, -0.2) is 4.98 Å². The van der Waals surface area contributed by atoms with Gasteiger partial charge in [0, 0.05) is 24.5 Å². The number of aryl methyl sites for hydroxylation is 2. The molecule has 72 valence electrons. The summed E-state index contributed by atoms with van der Waals surface area (Å²) in [6, 6.07) is 5.87. The lowest BCUT2D eigenvalue weighted by molar-refractivity contribution is 0.913. The first kappa shape index (κ1) is 8.81. The van der Waals surface area contributed by atoms with E-state index >= 15 is 0 Å². The van der Waals surface area contributed by atoms with Crippen LogP contribution in [0.1, 0.15) is 5.56 Å². The Morgan fingerprint density at radius 2 is 2.14 bits per heavy atom. The first-order valence-corrected chi connectivity index (χ1v) is 4.51.